The van der Waals surface area contributed by atoms with E-state index < -0.39 is 17.5 Å². The molecule has 1 saturated carbocycles. The first-order valence-corrected chi connectivity index (χ1v) is 4.98. The van der Waals surface area contributed by atoms with Crippen LogP contribution in [0, 0.1) is 11.6 Å². The van der Waals surface area contributed by atoms with Crippen molar-refractivity contribution in [2.75, 3.05) is 5.73 Å². The van der Waals surface area contributed by atoms with Gasteiger partial charge in [0.1, 0.15) is 11.6 Å². The predicted octanol–water partition coefficient (Wildman–Crippen LogP) is 1.83. The molecular formula is C11H12F2N2O. The zero-order chi connectivity index (χ0) is 11.9. The summed E-state index contributed by atoms with van der Waals surface area (Å²) in [5, 5.41) is 2.68. The summed E-state index contributed by atoms with van der Waals surface area (Å²) >= 11 is 0. The van der Waals surface area contributed by atoms with Crippen molar-refractivity contribution in [2.24, 2.45) is 0 Å². The van der Waals surface area contributed by atoms with Crippen molar-refractivity contribution in [3.63, 3.8) is 0 Å². The molecule has 0 unspecified atom stereocenters. The van der Waals surface area contributed by atoms with Gasteiger partial charge in [-0.05, 0) is 25.8 Å². The Labute approximate surface area is 91.6 Å². The molecule has 0 aliphatic heterocycles. The molecule has 16 heavy (non-hydrogen) atoms. The number of nitrogens with one attached hydrogen (secondary N) is 1. The lowest BCUT2D eigenvalue weighted by Gasteiger charge is -2.12. The Morgan fingerprint density at radius 3 is 2.56 bits per heavy atom. The SMILES string of the molecule is CC1(NC(=O)c2cc(N)c(F)cc2F)CC1. The number of rotatable bonds is 2. The highest BCUT2D eigenvalue weighted by molar-refractivity contribution is 5.96. The van der Waals surface area contributed by atoms with Gasteiger partial charge in [0, 0.05) is 11.6 Å². The highest BCUT2D eigenvalue weighted by Gasteiger charge is 2.39. The summed E-state index contributed by atoms with van der Waals surface area (Å²) in [6.45, 7) is 1.87. The molecule has 1 aliphatic carbocycles. The molecule has 1 aromatic rings. The number of nitrogens with two attached hydrogens (primary N) is 1. The van der Waals surface area contributed by atoms with Gasteiger partial charge >= 0.3 is 0 Å². The zero-order valence-electron chi connectivity index (χ0n) is 8.81. The lowest BCUT2D eigenvalue weighted by Crippen LogP contribution is -2.34. The molecule has 1 aromatic carbocycles. The molecule has 2 rings (SSSR count). The van der Waals surface area contributed by atoms with Crippen LogP contribution in [0.15, 0.2) is 12.1 Å². The minimum atomic E-state index is -0.895. The molecule has 86 valence electrons. The lowest BCUT2D eigenvalue weighted by atomic mass is 10.1. The Kier molecular flexibility index (Phi) is 2.33. The zero-order valence-corrected chi connectivity index (χ0v) is 8.81. The van der Waals surface area contributed by atoms with Crippen LogP contribution in [0.1, 0.15) is 30.1 Å². The van der Waals surface area contributed by atoms with Gasteiger partial charge in [0.15, 0.2) is 0 Å². The minimum Gasteiger partial charge on any atom is -0.396 e. The highest BCUT2D eigenvalue weighted by atomic mass is 19.1. The summed E-state index contributed by atoms with van der Waals surface area (Å²) in [6.07, 6.45) is 1.74. The molecule has 3 nitrogen and oxygen atoms in total. The fraction of sp³-hybridized carbons (Fsp3) is 0.364. The maximum Gasteiger partial charge on any atom is 0.254 e. The molecule has 1 amide bonds. The van der Waals surface area contributed by atoms with Gasteiger partial charge in [0.05, 0.1) is 11.3 Å². The Balaban J connectivity index is 2.26. The van der Waals surface area contributed by atoms with Crippen LogP contribution < -0.4 is 11.1 Å². The summed E-state index contributed by atoms with van der Waals surface area (Å²) in [7, 11) is 0. The third kappa shape index (κ3) is 1.98. The number of hydrogen-bond acceptors (Lipinski definition) is 2. The summed E-state index contributed by atoms with van der Waals surface area (Å²) in [5.41, 5.74) is 4.60. The van der Waals surface area contributed by atoms with Gasteiger partial charge in [0.2, 0.25) is 0 Å². The first kappa shape index (κ1) is 10.9. The van der Waals surface area contributed by atoms with Crippen LogP contribution in [-0.2, 0) is 0 Å². The lowest BCUT2D eigenvalue weighted by molar-refractivity contribution is 0.0931. The first-order valence-electron chi connectivity index (χ1n) is 4.98. The third-order valence-electron chi connectivity index (χ3n) is 2.75. The standard InChI is InChI=1S/C11H12F2N2O/c1-11(2-3-11)15-10(16)6-4-9(14)8(13)5-7(6)12/h4-5H,2-3,14H2,1H3,(H,15,16). The van der Waals surface area contributed by atoms with Crippen molar-refractivity contribution in [1.82, 2.24) is 5.32 Å². The molecule has 0 radical (unpaired) electrons. The van der Waals surface area contributed by atoms with Crippen LogP contribution in [0.25, 0.3) is 0 Å². The average molecular weight is 226 g/mol. The first-order chi connectivity index (χ1) is 7.41. The van der Waals surface area contributed by atoms with Crippen LogP contribution in [0.2, 0.25) is 0 Å². The van der Waals surface area contributed by atoms with Crippen LogP contribution in [0.3, 0.4) is 0 Å². The van der Waals surface area contributed by atoms with Gasteiger partial charge in [-0.25, -0.2) is 8.78 Å². The average Bonchev–Trinajstić information content (AvgIpc) is 2.89. The summed E-state index contributed by atoms with van der Waals surface area (Å²) < 4.78 is 26.2. The molecule has 3 N–H and O–H groups in total. The molecule has 1 aliphatic rings. The molecule has 0 atom stereocenters. The van der Waals surface area contributed by atoms with E-state index >= 15 is 0 Å². The van der Waals surface area contributed by atoms with Crippen molar-refractivity contribution in [3.8, 4) is 0 Å². The van der Waals surface area contributed by atoms with Crippen molar-refractivity contribution in [1.29, 1.82) is 0 Å². The molecule has 5 heteroatoms. The van der Waals surface area contributed by atoms with Gasteiger partial charge in [-0.15, -0.1) is 0 Å². The summed E-state index contributed by atoms with van der Waals surface area (Å²) in [6, 6.07) is 1.64. The Hall–Kier alpha value is -1.65. The largest absolute Gasteiger partial charge is 0.396 e. The third-order valence-corrected chi connectivity index (χ3v) is 2.75. The highest BCUT2D eigenvalue weighted by Crippen LogP contribution is 2.34. The normalized spacial score (nSPS) is 16.9. The molecule has 0 spiro atoms. The molecule has 0 saturated heterocycles. The smallest absolute Gasteiger partial charge is 0.254 e. The number of carbonyl (C=O) groups excluding carboxylic acids is 1. The van der Waals surface area contributed by atoms with Gasteiger partial charge in [-0.2, -0.15) is 0 Å². The number of amides is 1. The monoisotopic (exact) mass is 226 g/mol. The van der Waals surface area contributed by atoms with Crippen molar-refractivity contribution in [2.45, 2.75) is 25.3 Å². The Bertz CT molecular complexity index is 456. The molecular weight excluding hydrogens is 214 g/mol. The molecule has 0 bridgehead atoms. The number of halogens is 2. The minimum absolute atomic E-state index is 0.216. The van der Waals surface area contributed by atoms with Gasteiger partial charge in [0.25, 0.3) is 5.91 Å². The van der Waals surface area contributed by atoms with E-state index in [4.69, 9.17) is 5.73 Å². The molecule has 1 fully saturated rings. The van der Waals surface area contributed by atoms with Crippen LogP contribution in [0.4, 0.5) is 14.5 Å². The van der Waals surface area contributed by atoms with E-state index in [1.165, 1.54) is 0 Å². The number of anilines is 1. The number of benzene rings is 1. The second-order valence-corrected chi connectivity index (χ2v) is 4.37. The van der Waals surface area contributed by atoms with Crippen molar-refractivity contribution >= 4 is 11.6 Å². The van der Waals surface area contributed by atoms with Crippen molar-refractivity contribution < 1.29 is 13.6 Å². The van der Waals surface area contributed by atoms with E-state index in [9.17, 15) is 13.6 Å². The van der Waals surface area contributed by atoms with Gasteiger partial charge < -0.3 is 11.1 Å². The fourth-order valence-electron chi connectivity index (χ4n) is 1.39. The van der Waals surface area contributed by atoms with E-state index in [1.54, 1.807) is 0 Å². The van der Waals surface area contributed by atoms with E-state index in [-0.39, 0.29) is 16.8 Å². The van der Waals surface area contributed by atoms with Gasteiger partial charge in [-0.1, -0.05) is 0 Å². The van der Waals surface area contributed by atoms with E-state index in [1.807, 2.05) is 6.92 Å². The van der Waals surface area contributed by atoms with Crippen LogP contribution in [-0.4, -0.2) is 11.4 Å². The molecule has 0 heterocycles. The Morgan fingerprint density at radius 1 is 1.38 bits per heavy atom. The van der Waals surface area contributed by atoms with E-state index in [0.717, 1.165) is 18.9 Å². The molecule has 0 aromatic heterocycles. The maximum absolute atomic E-state index is 13.3. The maximum atomic E-state index is 13.3. The Morgan fingerprint density at radius 2 is 2.00 bits per heavy atom. The topological polar surface area (TPSA) is 55.1 Å². The number of nitrogen functional groups attached to an aromatic ring is 1. The van der Waals surface area contributed by atoms with Crippen LogP contribution in [0.5, 0.6) is 0 Å². The second kappa shape index (κ2) is 3.43. The van der Waals surface area contributed by atoms with Crippen molar-refractivity contribution in [3.05, 3.63) is 29.3 Å². The fourth-order valence-corrected chi connectivity index (χ4v) is 1.39. The predicted molar refractivity (Wildman–Crippen MR) is 55.9 cm³/mol. The van der Waals surface area contributed by atoms with E-state index in [2.05, 4.69) is 5.32 Å². The number of hydrogen-bond donors (Lipinski definition) is 2. The quantitative estimate of drug-likeness (QED) is 0.756. The summed E-state index contributed by atoms with van der Waals surface area (Å²) in [5.74, 6) is -2.30. The van der Waals surface area contributed by atoms with Gasteiger partial charge in [-0.3, -0.25) is 4.79 Å². The summed E-state index contributed by atoms with van der Waals surface area (Å²) in [4.78, 5) is 11.7. The van der Waals surface area contributed by atoms with E-state index in [0.29, 0.717) is 6.07 Å². The second-order valence-electron chi connectivity index (χ2n) is 4.37. The van der Waals surface area contributed by atoms with Crippen LogP contribution >= 0.6 is 0 Å². The number of carbonyl (C=O) groups is 1.